The summed E-state index contributed by atoms with van der Waals surface area (Å²) in [4.78, 5) is 19.7. The van der Waals surface area contributed by atoms with Gasteiger partial charge in [-0.2, -0.15) is 4.98 Å². The molecule has 0 unspecified atom stereocenters. The van der Waals surface area contributed by atoms with Crippen LogP contribution in [0.2, 0.25) is 0 Å². The van der Waals surface area contributed by atoms with E-state index in [9.17, 15) is 4.79 Å². The monoisotopic (exact) mass is 380 g/mol. The largest absolute Gasteiger partial charge is 0.494 e. The molecule has 1 amide bonds. The Kier molecular flexibility index (Phi) is 6.61. The minimum atomic E-state index is -0.172. The number of hydrogen-bond donors (Lipinski definition) is 2. The molecule has 0 atom stereocenters. The summed E-state index contributed by atoms with van der Waals surface area (Å²) in [7, 11) is 1.51. The number of anilines is 1. The number of nitrogens with zero attached hydrogens (tertiary/aromatic N) is 2. The molecule has 0 spiro atoms. The number of halogens is 1. The van der Waals surface area contributed by atoms with Crippen molar-refractivity contribution in [3.63, 3.8) is 0 Å². The van der Waals surface area contributed by atoms with Gasteiger partial charge in [0.2, 0.25) is 17.7 Å². The molecule has 2 N–H and O–H groups in total. The summed E-state index contributed by atoms with van der Waals surface area (Å²) in [6.07, 6.45) is 2.45. The van der Waals surface area contributed by atoms with Gasteiger partial charge >= 0.3 is 0 Å². The standard InChI is InChI=1S/C15H17BrN4O3/c1-22-14-7-8-17-15(18-14)20-19-13(21)6-3-9-23-12-5-2-4-11(16)10-12/h2,4-5,7-8,10H,3,6,9H2,1H3,(H,19,21)(H,17,18,20). The smallest absolute Gasteiger partial charge is 0.245 e. The van der Waals surface area contributed by atoms with Crippen LogP contribution in [0.25, 0.3) is 0 Å². The van der Waals surface area contributed by atoms with Crippen LogP contribution in [0.1, 0.15) is 12.8 Å². The van der Waals surface area contributed by atoms with Crippen LogP contribution in [0.15, 0.2) is 41.0 Å². The van der Waals surface area contributed by atoms with E-state index in [1.807, 2.05) is 24.3 Å². The molecule has 0 saturated heterocycles. The SMILES string of the molecule is COc1ccnc(NNC(=O)CCCOc2cccc(Br)c2)n1. The zero-order valence-electron chi connectivity index (χ0n) is 12.6. The molecule has 0 fully saturated rings. The molecule has 0 aliphatic rings. The second kappa shape index (κ2) is 8.94. The van der Waals surface area contributed by atoms with E-state index in [4.69, 9.17) is 9.47 Å². The predicted octanol–water partition coefficient (Wildman–Crippen LogP) is 2.55. The summed E-state index contributed by atoms with van der Waals surface area (Å²) < 4.78 is 11.5. The van der Waals surface area contributed by atoms with Gasteiger partial charge in [-0.1, -0.05) is 22.0 Å². The second-order valence-electron chi connectivity index (χ2n) is 4.51. The Hall–Kier alpha value is -2.35. The fraction of sp³-hybridized carbons (Fsp3) is 0.267. The van der Waals surface area contributed by atoms with Gasteiger partial charge in [0.05, 0.1) is 13.7 Å². The van der Waals surface area contributed by atoms with Crippen molar-refractivity contribution in [3.05, 3.63) is 41.0 Å². The van der Waals surface area contributed by atoms with Crippen LogP contribution in [-0.2, 0) is 4.79 Å². The molecule has 0 aliphatic heterocycles. The highest BCUT2D eigenvalue weighted by molar-refractivity contribution is 9.10. The Balaban J connectivity index is 1.65. The number of hydrogen-bond acceptors (Lipinski definition) is 6. The van der Waals surface area contributed by atoms with Crippen LogP contribution in [0.3, 0.4) is 0 Å². The average Bonchev–Trinajstić information content (AvgIpc) is 2.57. The summed E-state index contributed by atoms with van der Waals surface area (Å²) in [5.74, 6) is 1.28. The lowest BCUT2D eigenvalue weighted by Crippen LogP contribution is -2.30. The summed E-state index contributed by atoms with van der Waals surface area (Å²) in [6.45, 7) is 0.458. The molecule has 0 radical (unpaired) electrons. The van der Waals surface area contributed by atoms with Crippen LogP contribution < -0.4 is 20.3 Å². The Labute approximate surface area is 142 Å². The molecule has 2 rings (SSSR count). The van der Waals surface area contributed by atoms with Crippen LogP contribution in [-0.4, -0.2) is 29.6 Å². The summed E-state index contributed by atoms with van der Waals surface area (Å²) in [5, 5.41) is 0. The van der Waals surface area contributed by atoms with Gasteiger partial charge < -0.3 is 9.47 Å². The normalized spacial score (nSPS) is 10.0. The van der Waals surface area contributed by atoms with Gasteiger partial charge in [-0.05, 0) is 24.6 Å². The highest BCUT2D eigenvalue weighted by Crippen LogP contribution is 2.17. The Bertz CT molecular complexity index is 654. The van der Waals surface area contributed by atoms with E-state index in [0.29, 0.717) is 25.3 Å². The van der Waals surface area contributed by atoms with Crippen molar-refractivity contribution >= 4 is 27.8 Å². The van der Waals surface area contributed by atoms with Crippen molar-refractivity contribution < 1.29 is 14.3 Å². The van der Waals surface area contributed by atoms with Crippen molar-refractivity contribution in [1.29, 1.82) is 0 Å². The highest BCUT2D eigenvalue weighted by atomic mass is 79.9. The maximum Gasteiger partial charge on any atom is 0.245 e. The molecular formula is C15H17BrN4O3. The van der Waals surface area contributed by atoms with E-state index in [2.05, 4.69) is 36.7 Å². The first-order valence-electron chi connectivity index (χ1n) is 6.97. The number of amides is 1. The number of benzene rings is 1. The molecule has 2 aromatic rings. The predicted molar refractivity (Wildman–Crippen MR) is 89.2 cm³/mol. The van der Waals surface area contributed by atoms with Crippen molar-refractivity contribution in [3.8, 4) is 11.6 Å². The third-order valence-electron chi connectivity index (χ3n) is 2.77. The third-order valence-corrected chi connectivity index (χ3v) is 3.26. The fourth-order valence-corrected chi connectivity index (χ4v) is 2.06. The van der Waals surface area contributed by atoms with E-state index >= 15 is 0 Å². The Morgan fingerprint density at radius 2 is 2.22 bits per heavy atom. The molecule has 0 aliphatic carbocycles. The number of aromatic nitrogens is 2. The number of rotatable bonds is 8. The lowest BCUT2D eigenvalue weighted by Gasteiger charge is -2.08. The molecule has 1 aromatic carbocycles. The third kappa shape index (κ3) is 6.11. The number of methoxy groups -OCH3 is 1. The van der Waals surface area contributed by atoms with Gasteiger partial charge in [0.1, 0.15) is 5.75 Å². The molecule has 8 heteroatoms. The highest BCUT2D eigenvalue weighted by Gasteiger charge is 2.03. The molecule has 23 heavy (non-hydrogen) atoms. The Morgan fingerprint density at radius 3 is 3.00 bits per heavy atom. The van der Waals surface area contributed by atoms with E-state index in [-0.39, 0.29) is 11.9 Å². The molecular weight excluding hydrogens is 364 g/mol. The molecule has 1 aromatic heterocycles. The van der Waals surface area contributed by atoms with E-state index < -0.39 is 0 Å². The Morgan fingerprint density at radius 1 is 1.35 bits per heavy atom. The van der Waals surface area contributed by atoms with Gasteiger partial charge in [0.25, 0.3) is 0 Å². The van der Waals surface area contributed by atoms with Crippen LogP contribution in [0, 0.1) is 0 Å². The first-order valence-corrected chi connectivity index (χ1v) is 7.77. The van der Waals surface area contributed by atoms with Gasteiger partial charge in [0.15, 0.2) is 0 Å². The number of hydrazine groups is 1. The summed E-state index contributed by atoms with van der Waals surface area (Å²) in [5.41, 5.74) is 5.16. The second-order valence-corrected chi connectivity index (χ2v) is 5.42. The fourth-order valence-electron chi connectivity index (χ4n) is 1.68. The minimum Gasteiger partial charge on any atom is -0.494 e. The molecule has 0 saturated carbocycles. The first kappa shape index (κ1) is 17.0. The minimum absolute atomic E-state index is 0.172. The maximum absolute atomic E-state index is 11.7. The van der Waals surface area contributed by atoms with Gasteiger partial charge in [-0.3, -0.25) is 15.6 Å². The lowest BCUT2D eigenvalue weighted by atomic mass is 10.3. The van der Waals surface area contributed by atoms with Crippen molar-refractivity contribution in [2.75, 3.05) is 19.1 Å². The van der Waals surface area contributed by atoms with Crippen LogP contribution in [0.4, 0.5) is 5.95 Å². The number of carbonyl (C=O) groups excluding carboxylic acids is 1. The molecule has 7 nitrogen and oxygen atoms in total. The number of nitrogens with one attached hydrogen (secondary N) is 2. The van der Waals surface area contributed by atoms with Gasteiger partial charge in [-0.15, -0.1) is 0 Å². The van der Waals surface area contributed by atoms with Crippen molar-refractivity contribution in [2.45, 2.75) is 12.8 Å². The van der Waals surface area contributed by atoms with Crippen LogP contribution >= 0.6 is 15.9 Å². The number of carbonyl (C=O) groups is 1. The van der Waals surface area contributed by atoms with Gasteiger partial charge in [-0.25, -0.2) is 4.98 Å². The average molecular weight is 381 g/mol. The van der Waals surface area contributed by atoms with E-state index in [1.54, 1.807) is 6.07 Å². The zero-order chi connectivity index (χ0) is 16.5. The number of ether oxygens (including phenoxy) is 2. The van der Waals surface area contributed by atoms with Crippen LogP contribution in [0.5, 0.6) is 11.6 Å². The molecule has 122 valence electrons. The van der Waals surface area contributed by atoms with Gasteiger partial charge in [0, 0.05) is 23.2 Å². The lowest BCUT2D eigenvalue weighted by molar-refractivity contribution is -0.120. The quantitative estimate of drug-likeness (QED) is 0.540. The van der Waals surface area contributed by atoms with E-state index in [1.165, 1.54) is 13.3 Å². The van der Waals surface area contributed by atoms with Crippen molar-refractivity contribution in [2.24, 2.45) is 0 Å². The zero-order valence-corrected chi connectivity index (χ0v) is 14.2. The first-order chi connectivity index (χ1) is 11.2. The summed E-state index contributed by atoms with van der Waals surface area (Å²) >= 11 is 3.37. The topological polar surface area (TPSA) is 85.4 Å². The van der Waals surface area contributed by atoms with Crippen molar-refractivity contribution in [1.82, 2.24) is 15.4 Å². The molecule has 1 heterocycles. The summed E-state index contributed by atoms with van der Waals surface area (Å²) in [6, 6.07) is 9.18. The molecule has 0 bridgehead atoms. The van der Waals surface area contributed by atoms with E-state index in [0.717, 1.165) is 10.2 Å². The maximum atomic E-state index is 11.7.